The standard InChI is InChI=1S/C49H37N/c1-48(2,3)35-22-24-37(25-23-35)50(36-15-5-4-6-16-36)38-26-28-39-34(29-38)21-27-42-43-30-32-13-7-8-14-33(32)31-46(43)49(47(39)42)44-19-11-9-17-40(44)41-18-10-12-20-45(41)49/h4-31H,1-3H3. The summed E-state index contributed by atoms with van der Waals surface area (Å²) in [5.74, 6) is 0. The number of hydrogen-bond acceptors (Lipinski definition) is 1. The van der Waals surface area contributed by atoms with Gasteiger partial charge >= 0.3 is 0 Å². The Kier molecular flexibility index (Phi) is 6.12. The van der Waals surface area contributed by atoms with Crippen molar-refractivity contribution < 1.29 is 0 Å². The van der Waals surface area contributed by atoms with Crippen LogP contribution in [0.4, 0.5) is 17.1 Å². The van der Waals surface area contributed by atoms with Crippen molar-refractivity contribution in [3.8, 4) is 22.3 Å². The summed E-state index contributed by atoms with van der Waals surface area (Å²) >= 11 is 0. The number of rotatable bonds is 3. The van der Waals surface area contributed by atoms with Gasteiger partial charge in [0, 0.05) is 17.1 Å². The molecule has 1 nitrogen and oxygen atoms in total. The first-order valence-electron chi connectivity index (χ1n) is 17.7. The normalized spacial score (nSPS) is 13.7. The van der Waals surface area contributed by atoms with Crippen molar-refractivity contribution in [1.29, 1.82) is 0 Å². The Morgan fingerprint density at radius 3 is 1.66 bits per heavy atom. The predicted molar refractivity (Wildman–Crippen MR) is 211 cm³/mol. The topological polar surface area (TPSA) is 3.24 Å². The highest BCUT2D eigenvalue weighted by molar-refractivity contribution is 6.07. The quantitative estimate of drug-likeness (QED) is 0.186. The molecule has 0 bridgehead atoms. The zero-order chi connectivity index (χ0) is 33.6. The van der Waals surface area contributed by atoms with Gasteiger partial charge in [-0.2, -0.15) is 0 Å². The zero-order valence-electron chi connectivity index (χ0n) is 28.6. The molecule has 8 aromatic rings. The second kappa shape index (κ2) is 10.5. The molecule has 0 saturated carbocycles. The Bertz CT molecular complexity index is 2580. The van der Waals surface area contributed by atoms with Gasteiger partial charge in [0.05, 0.1) is 5.41 Å². The molecule has 1 heteroatoms. The minimum absolute atomic E-state index is 0.0935. The molecular weight excluding hydrogens is 603 g/mol. The zero-order valence-corrected chi connectivity index (χ0v) is 28.6. The van der Waals surface area contributed by atoms with Crippen molar-refractivity contribution in [1.82, 2.24) is 0 Å². The first kappa shape index (κ1) is 29.0. The highest BCUT2D eigenvalue weighted by atomic mass is 15.1. The first-order chi connectivity index (χ1) is 24.4. The van der Waals surface area contributed by atoms with Gasteiger partial charge in [-0.25, -0.2) is 0 Å². The Balaban J connectivity index is 1.25. The van der Waals surface area contributed by atoms with E-state index in [1.807, 2.05) is 0 Å². The summed E-state index contributed by atoms with van der Waals surface area (Å²) in [4.78, 5) is 2.39. The van der Waals surface area contributed by atoms with Crippen molar-refractivity contribution in [3.63, 3.8) is 0 Å². The fourth-order valence-electron chi connectivity index (χ4n) is 8.92. The summed E-state index contributed by atoms with van der Waals surface area (Å²) in [6.07, 6.45) is 0. The maximum absolute atomic E-state index is 2.47. The van der Waals surface area contributed by atoms with E-state index in [2.05, 4.69) is 196 Å². The van der Waals surface area contributed by atoms with Crippen LogP contribution < -0.4 is 4.90 Å². The van der Waals surface area contributed by atoms with Gasteiger partial charge in [-0.3, -0.25) is 0 Å². The van der Waals surface area contributed by atoms with E-state index in [1.165, 1.54) is 71.6 Å². The molecule has 0 saturated heterocycles. The minimum Gasteiger partial charge on any atom is -0.310 e. The van der Waals surface area contributed by atoms with Gasteiger partial charge in [-0.05, 0) is 126 Å². The predicted octanol–water partition coefficient (Wildman–Crippen LogP) is 13.1. The summed E-state index contributed by atoms with van der Waals surface area (Å²) in [6, 6.07) is 63.6. The Hall–Kier alpha value is -5.92. The molecule has 2 aliphatic rings. The Morgan fingerprint density at radius 1 is 0.400 bits per heavy atom. The third-order valence-corrected chi connectivity index (χ3v) is 11.2. The molecule has 0 heterocycles. The molecule has 10 rings (SSSR count). The number of para-hydroxylation sites is 1. The van der Waals surface area contributed by atoms with Gasteiger partial charge in [-0.1, -0.05) is 142 Å². The van der Waals surface area contributed by atoms with Crippen molar-refractivity contribution in [2.75, 3.05) is 4.90 Å². The molecule has 0 unspecified atom stereocenters. The lowest BCUT2D eigenvalue weighted by atomic mass is 9.69. The molecule has 0 atom stereocenters. The minimum atomic E-state index is -0.412. The van der Waals surface area contributed by atoms with Gasteiger partial charge in [-0.15, -0.1) is 0 Å². The molecule has 2 aliphatic carbocycles. The maximum atomic E-state index is 2.47. The van der Waals surface area contributed by atoms with Crippen LogP contribution in [-0.4, -0.2) is 0 Å². The van der Waals surface area contributed by atoms with Crippen molar-refractivity contribution in [2.24, 2.45) is 0 Å². The molecule has 0 N–H and O–H groups in total. The van der Waals surface area contributed by atoms with Crippen LogP contribution >= 0.6 is 0 Å². The third kappa shape index (κ3) is 4.01. The lowest BCUT2D eigenvalue weighted by Crippen LogP contribution is -2.26. The van der Waals surface area contributed by atoms with Crippen LogP contribution in [0.15, 0.2) is 170 Å². The van der Waals surface area contributed by atoms with E-state index < -0.39 is 5.41 Å². The van der Waals surface area contributed by atoms with Crippen LogP contribution in [0.3, 0.4) is 0 Å². The summed E-state index contributed by atoms with van der Waals surface area (Å²) in [7, 11) is 0. The SMILES string of the molecule is CC(C)(C)c1ccc(N(c2ccccc2)c2ccc3c4c(ccc3c2)-c2cc3ccccc3cc2C42c3ccccc3-c3ccccc32)cc1. The van der Waals surface area contributed by atoms with Crippen molar-refractivity contribution in [3.05, 3.63) is 198 Å². The lowest BCUT2D eigenvalue weighted by molar-refractivity contribution is 0.590. The number of nitrogens with zero attached hydrogens (tertiary/aromatic N) is 1. The van der Waals surface area contributed by atoms with Gasteiger partial charge < -0.3 is 4.90 Å². The largest absolute Gasteiger partial charge is 0.310 e. The lowest BCUT2D eigenvalue weighted by Gasteiger charge is -2.32. The molecule has 0 aromatic heterocycles. The van der Waals surface area contributed by atoms with Crippen LogP contribution in [0.5, 0.6) is 0 Å². The van der Waals surface area contributed by atoms with E-state index in [-0.39, 0.29) is 5.41 Å². The maximum Gasteiger partial charge on any atom is 0.0731 e. The van der Waals surface area contributed by atoms with Crippen LogP contribution in [0.2, 0.25) is 0 Å². The number of anilines is 3. The van der Waals surface area contributed by atoms with Gasteiger partial charge in [0.1, 0.15) is 0 Å². The van der Waals surface area contributed by atoms with E-state index in [0.717, 1.165) is 17.1 Å². The van der Waals surface area contributed by atoms with Crippen LogP contribution in [0, 0.1) is 0 Å². The van der Waals surface area contributed by atoms with Crippen LogP contribution in [0.1, 0.15) is 48.6 Å². The fourth-order valence-corrected chi connectivity index (χ4v) is 8.92. The highest BCUT2D eigenvalue weighted by Crippen LogP contribution is 2.64. The summed E-state index contributed by atoms with van der Waals surface area (Å²) in [6.45, 7) is 6.81. The molecule has 0 amide bonds. The molecule has 238 valence electrons. The third-order valence-electron chi connectivity index (χ3n) is 11.2. The van der Waals surface area contributed by atoms with Crippen LogP contribution in [-0.2, 0) is 10.8 Å². The first-order valence-corrected chi connectivity index (χ1v) is 17.7. The fraction of sp³-hybridized carbons (Fsp3) is 0.102. The van der Waals surface area contributed by atoms with Gasteiger partial charge in [0.15, 0.2) is 0 Å². The van der Waals surface area contributed by atoms with E-state index in [9.17, 15) is 0 Å². The average Bonchev–Trinajstić information content (AvgIpc) is 3.61. The van der Waals surface area contributed by atoms with Crippen LogP contribution in [0.25, 0.3) is 43.8 Å². The Morgan fingerprint density at radius 2 is 0.980 bits per heavy atom. The van der Waals surface area contributed by atoms with E-state index >= 15 is 0 Å². The van der Waals surface area contributed by atoms with Gasteiger partial charge in [0.2, 0.25) is 0 Å². The number of hydrogen-bond donors (Lipinski definition) is 0. The van der Waals surface area contributed by atoms with Crippen molar-refractivity contribution in [2.45, 2.75) is 31.6 Å². The molecule has 8 aromatic carbocycles. The molecule has 1 spiro atoms. The van der Waals surface area contributed by atoms with Crippen molar-refractivity contribution >= 4 is 38.6 Å². The number of benzene rings is 8. The molecule has 0 fully saturated rings. The summed E-state index contributed by atoms with van der Waals surface area (Å²) < 4.78 is 0. The second-order valence-corrected chi connectivity index (χ2v) is 14.9. The Labute approximate surface area is 294 Å². The van der Waals surface area contributed by atoms with E-state index in [1.54, 1.807) is 0 Å². The van der Waals surface area contributed by atoms with E-state index in [4.69, 9.17) is 0 Å². The molecule has 0 radical (unpaired) electrons. The molecule has 0 aliphatic heterocycles. The molecule has 50 heavy (non-hydrogen) atoms. The average molecular weight is 640 g/mol. The smallest absolute Gasteiger partial charge is 0.0731 e. The van der Waals surface area contributed by atoms with Gasteiger partial charge in [0.25, 0.3) is 0 Å². The van der Waals surface area contributed by atoms with E-state index in [0.29, 0.717) is 0 Å². The monoisotopic (exact) mass is 639 g/mol. The summed E-state index contributed by atoms with van der Waals surface area (Å²) in [5, 5.41) is 5.10. The second-order valence-electron chi connectivity index (χ2n) is 14.9. The number of fused-ring (bicyclic) bond motifs is 13. The summed E-state index contributed by atoms with van der Waals surface area (Å²) in [5.41, 5.74) is 15.3. The highest BCUT2D eigenvalue weighted by Gasteiger charge is 2.52. The molecular formula is C49H37N.